The number of aromatic nitrogens is 2. The van der Waals surface area contributed by atoms with Gasteiger partial charge in [-0.2, -0.15) is 13.2 Å². The second kappa shape index (κ2) is 5.30. The van der Waals surface area contributed by atoms with Crippen molar-refractivity contribution in [3.05, 3.63) is 5.01 Å². The molecule has 1 aromatic heterocycles. The molecule has 0 unspecified atom stereocenters. The van der Waals surface area contributed by atoms with Crippen LogP contribution in [0.5, 0.6) is 0 Å². The maximum Gasteiger partial charge on any atom is 0.390 e. The maximum absolute atomic E-state index is 12.0. The SMILES string of the molecule is CNc1nnc(C(=O)N(C)CCC(F)(F)F)s1. The second-order valence-electron chi connectivity index (χ2n) is 3.25. The minimum absolute atomic E-state index is 0.0685. The van der Waals surface area contributed by atoms with Gasteiger partial charge in [-0.05, 0) is 0 Å². The van der Waals surface area contributed by atoms with E-state index in [2.05, 4.69) is 15.5 Å². The summed E-state index contributed by atoms with van der Waals surface area (Å²) < 4.78 is 35.9. The third-order valence-corrected chi connectivity index (χ3v) is 2.83. The van der Waals surface area contributed by atoms with Crippen molar-refractivity contribution in [2.75, 3.05) is 26.0 Å². The first kappa shape index (κ1) is 13.7. The van der Waals surface area contributed by atoms with Crippen molar-refractivity contribution in [2.45, 2.75) is 12.6 Å². The third-order valence-electron chi connectivity index (χ3n) is 1.90. The molecule has 0 saturated carbocycles. The van der Waals surface area contributed by atoms with E-state index in [0.717, 1.165) is 16.2 Å². The number of amides is 1. The molecule has 0 saturated heterocycles. The Bertz CT molecular complexity index is 392. The van der Waals surface area contributed by atoms with Gasteiger partial charge >= 0.3 is 6.18 Å². The highest BCUT2D eigenvalue weighted by molar-refractivity contribution is 7.17. The standard InChI is InChI=1S/C8H11F3N4OS/c1-12-7-14-13-5(17-7)6(16)15(2)4-3-8(9,10)11/h3-4H2,1-2H3,(H,12,14). The molecule has 96 valence electrons. The highest BCUT2D eigenvalue weighted by Gasteiger charge is 2.28. The third kappa shape index (κ3) is 4.17. The van der Waals surface area contributed by atoms with Gasteiger partial charge in [0.25, 0.3) is 5.91 Å². The fourth-order valence-electron chi connectivity index (χ4n) is 0.970. The lowest BCUT2D eigenvalue weighted by atomic mass is 10.4. The molecule has 0 atom stereocenters. The van der Waals surface area contributed by atoms with Crippen LogP contribution in [0.25, 0.3) is 0 Å². The van der Waals surface area contributed by atoms with Crippen LogP contribution in [0.15, 0.2) is 0 Å². The van der Waals surface area contributed by atoms with Gasteiger partial charge in [-0.15, -0.1) is 10.2 Å². The van der Waals surface area contributed by atoms with Crippen LogP contribution in [0, 0.1) is 0 Å². The van der Waals surface area contributed by atoms with Crippen LogP contribution in [0.1, 0.15) is 16.2 Å². The summed E-state index contributed by atoms with van der Waals surface area (Å²) in [6, 6.07) is 0. The number of carbonyl (C=O) groups is 1. The molecule has 1 rings (SSSR count). The first-order valence-corrected chi connectivity index (χ1v) is 5.48. The van der Waals surface area contributed by atoms with Gasteiger partial charge in [0.05, 0.1) is 6.42 Å². The van der Waals surface area contributed by atoms with Gasteiger partial charge < -0.3 is 10.2 Å². The molecule has 5 nitrogen and oxygen atoms in total. The van der Waals surface area contributed by atoms with E-state index >= 15 is 0 Å². The van der Waals surface area contributed by atoms with Crippen LogP contribution in [0.2, 0.25) is 0 Å². The molecule has 0 aliphatic heterocycles. The largest absolute Gasteiger partial charge is 0.390 e. The molecule has 17 heavy (non-hydrogen) atoms. The monoisotopic (exact) mass is 268 g/mol. The Labute approximate surface area is 99.6 Å². The van der Waals surface area contributed by atoms with Crippen LogP contribution in [-0.4, -0.2) is 47.8 Å². The van der Waals surface area contributed by atoms with Crippen molar-refractivity contribution in [1.29, 1.82) is 0 Å². The summed E-state index contributed by atoms with van der Waals surface area (Å²) in [5.41, 5.74) is 0. The Balaban J connectivity index is 2.57. The summed E-state index contributed by atoms with van der Waals surface area (Å²) in [5.74, 6) is -0.562. The minimum Gasteiger partial charge on any atom is -0.363 e. The number of hydrogen-bond acceptors (Lipinski definition) is 5. The van der Waals surface area contributed by atoms with Gasteiger partial charge in [-0.3, -0.25) is 4.79 Å². The Kier molecular flexibility index (Phi) is 4.27. The van der Waals surface area contributed by atoms with Crippen molar-refractivity contribution < 1.29 is 18.0 Å². The Morgan fingerprint density at radius 3 is 2.59 bits per heavy atom. The van der Waals surface area contributed by atoms with Gasteiger partial charge in [-0.1, -0.05) is 11.3 Å². The fourth-order valence-corrected chi connectivity index (χ4v) is 1.66. The van der Waals surface area contributed by atoms with Crippen molar-refractivity contribution in [2.24, 2.45) is 0 Å². The number of alkyl halides is 3. The number of hydrogen-bond donors (Lipinski definition) is 1. The van der Waals surface area contributed by atoms with E-state index < -0.39 is 25.0 Å². The van der Waals surface area contributed by atoms with Gasteiger partial charge in [0.2, 0.25) is 10.1 Å². The molecule has 0 radical (unpaired) electrons. The molecule has 1 amide bonds. The molecule has 1 heterocycles. The van der Waals surface area contributed by atoms with Crippen molar-refractivity contribution >= 4 is 22.4 Å². The topological polar surface area (TPSA) is 58.1 Å². The summed E-state index contributed by atoms with van der Waals surface area (Å²) in [4.78, 5) is 12.6. The summed E-state index contributed by atoms with van der Waals surface area (Å²) >= 11 is 0.997. The van der Waals surface area contributed by atoms with E-state index in [4.69, 9.17) is 0 Å². The Hall–Kier alpha value is -1.38. The molecular weight excluding hydrogens is 257 g/mol. The smallest absolute Gasteiger partial charge is 0.363 e. The lowest BCUT2D eigenvalue weighted by Crippen LogP contribution is -2.30. The summed E-state index contributed by atoms with van der Waals surface area (Å²) in [5, 5.41) is 10.4. The number of carbonyl (C=O) groups excluding carboxylic acids is 1. The highest BCUT2D eigenvalue weighted by atomic mass is 32.1. The van der Waals surface area contributed by atoms with Gasteiger partial charge in [-0.25, -0.2) is 0 Å². The van der Waals surface area contributed by atoms with Crippen LogP contribution in [0.4, 0.5) is 18.3 Å². The maximum atomic E-state index is 12.0. The van der Waals surface area contributed by atoms with Gasteiger partial charge in [0.15, 0.2) is 0 Å². The number of halogens is 3. The summed E-state index contributed by atoms with van der Waals surface area (Å²) in [7, 11) is 2.91. The minimum atomic E-state index is -4.27. The summed E-state index contributed by atoms with van der Waals surface area (Å²) in [6.07, 6.45) is -5.31. The molecule has 9 heteroatoms. The lowest BCUT2D eigenvalue weighted by Gasteiger charge is -2.16. The predicted octanol–water partition coefficient (Wildman–Crippen LogP) is 1.60. The van der Waals surface area contributed by atoms with E-state index in [0.29, 0.717) is 5.13 Å². The van der Waals surface area contributed by atoms with Crippen molar-refractivity contribution in [3.8, 4) is 0 Å². The summed E-state index contributed by atoms with van der Waals surface area (Å²) in [6.45, 7) is -0.392. The van der Waals surface area contributed by atoms with E-state index in [1.807, 2.05) is 0 Å². The average molecular weight is 268 g/mol. The molecule has 1 aromatic rings. The van der Waals surface area contributed by atoms with E-state index in [9.17, 15) is 18.0 Å². The zero-order valence-electron chi connectivity index (χ0n) is 9.21. The van der Waals surface area contributed by atoms with Gasteiger partial charge in [0, 0.05) is 20.6 Å². The van der Waals surface area contributed by atoms with E-state index in [1.165, 1.54) is 7.05 Å². The molecule has 0 spiro atoms. The van der Waals surface area contributed by atoms with Crippen LogP contribution < -0.4 is 5.32 Å². The first-order chi connectivity index (χ1) is 7.83. The first-order valence-electron chi connectivity index (χ1n) is 4.67. The van der Waals surface area contributed by atoms with Gasteiger partial charge in [0.1, 0.15) is 0 Å². The predicted molar refractivity (Wildman–Crippen MR) is 57.1 cm³/mol. The van der Waals surface area contributed by atoms with E-state index in [1.54, 1.807) is 7.05 Å². The second-order valence-corrected chi connectivity index (χ2v) is 4.23. The fraction of sp³-hybridized carbons (Fsp3) is 0.625. The molecule has 0 bridgehead atoms. The van der Waals surface area contributed by atoms with Crippen LogP contribution in [-0.2, 0) is 0 Å². The molecule has 0 aliphatic rings. The molecule has 0 aliphatic carbocycles. The Morgan fingerprint density at radius 1 is 1.47 bits per heavy atom. The number of nitrogens with zero attached hydrogens (tertiary/aromatic N) is 3. The van der Waals surface area contributed by atoms with Crippen LogP contribution in [0.3, 0.4) is 0 Å². The zero-order valence-corrected chi connectivity index (χ0v) is 10.0. The Morgan fingerprint density at radius 2 is 2.12 bits per heavy atom. The van der Waals surface area contributed by atoms with Crippen molar-refractivity contribution in [1.82, 2.24) is 15.1 Å². The van der Waals surface area contributed by atoms with Crippen LogP contribution >= 0.6 is 11.3 Å². The number of anilines is 1. The average Bonchev–Trinajstić information content (AvgIpc) is 2.72. The molecule has 0 aromatic carbocycles. The molecule has 1 N–H and O–H groups in total. The number of nitrogens with one attached hydrogen (secondary N) is 1. The zero-order chi connectivity index (χ0) is 13.1. The normalized spacial score (nSPS) is 11.4. The molecular formula is C8H11F3N4OS. The van der Waals surface area contributed by atoms with E-state index in [-0.39, 0.29) is 5.01 Å². The van der Waals surface area contributed by atoms with Crippen molar-refractivity contribution in [3.63, 3.8) is 0 Å². The lowest BCUT2D eigenvalue weighted by molar-refractivity contribution is -0.136. The highest BCUT2D eigenvalue weighted by Crippen LogP contribution is 2.21. The quantitative estimate of drug-likeness (QED) is 0.901. The molecule has 0 fully saturated rings. The number of rotatable bonds is 4.